The van der Waals surface area contributed by atoms with Gasteiger partial charge in [-0.3, -0.25) is 9.88 Å². The van der Waals surface area contributed by atoms with Gasteiger partial charge in [0.2, 0.25) is 5.95 Å². The average Bonchev–Trinajstić information content (AvgIpc) is 3.18. The largest absolute Gasteiger partial charge is 0.490 e. The highest BCUT2D eigenvalue weighted by Crippen LogP contribution is 2.50. The number of carbonyl (C=O) groups is 1. The van der Waals surface area contributed by atoms with E-state index in [-0.39, 0.29) is 6.42 Å². The minimum atomic E-state index is -5.08. The molecule has 1 atom stereocenters. The van der Waals surface area contributed by atoms with Crippen LogP contribution in [0.2, 0.25) is 0 Å². The van der Waals surface area contributed by atoms with Gasteiger partial charge in [0.15, 0.2) is 0 Å². The van der Waals surface area contributed by atoms with Crippen molar-refractivity contribution in [2.75, 3.05) is 31.1 Å². The van der Waals surface area contributed by atoms with Crippen molar-refractivity contribution in [3.05, 3.63) is 48.5 Å². The van der Waals surface area contributed by atoms with E-state index in [1.54, 1.807) is 24.7 Å². The molecule has 0 amide bonds. The zero-order valence-corrected chi connectivity index (χ0v) is 17.0. The molecular formula is C20H22F5N5O2. The van der Waals surface area contributed by atoms with Crippen LogP contribution in [0.3, 0.4) is 0 Å². The maximum absolute atomic E-state index is 14.9. The molecule has 2 aromatic heterocycles. The SMILES string of the molecule is FC1(F)CCN(Cc2ccccn2)CC12CCN(c1ncccn1)C2.O=C(O)C(F)(F)F. The highest BCUT2D eigenvalue weighted by molar-refractivity contribution is 5.73. The van der Waals surface area contributed by atoms with Gasteiger partial charge in [0.05, 0.1) is 11.1 Å². The summed E-state index contributed by atoms with van der Waals surface area (Å²) in [5.41, 5.74) is -0.122. The van der Waals surface area contributed by atoms with Crippen LogP contribution >= 0.6 is 0 Å². The zero-order chi connectivity index (χ0) is 23.4. The van der Waals surface area contributed by atoms with Gasteiger partial charge in [-0.05, 0) is 24.6 Å². The highest BCUT2D eigenvalue weighted by Gasteiger charge is 2.59. The lowest BCUT2D eigenvalue weighted by Crippen LogP contribution is -2.56. The molecule has 0 saturated carbocycles. The molecule has 174 valence electrons. The molecule has 2 fully saturated rings. The number of nitrogens with zero attached hydrogens (tertiary/aromatic N) is 5. The Balaban J connectivity index is 0.000000360. The number of carboxylic acid groups (broad SMARTS) is 1. The summed E-state index contributed by atoms with van der Waals surface area (Å²) in [5, 5.41) is 7.12. The number of alkyl halides is 5. The van der Waals surface area contributed by atoms with Crippen molar-refractivity contribution in [1.82, 2.24) is 19.9 Å². The number of piperidine rings is 1. The van der Waals surface area contributed by atoms with Crippen LogP contribution < -0.4 is 4.90 Å². The first-order valence-corrected chi connectivity index (χ1v) is 9.85. The van der Waals surface area contributed by atoms with E-state index in [1.165, 1.54) is 0 Å². The molecule has 2 aliphatic rings. The lowest BCUT2D eigenvalue weighted by atomic mass is 9.75. The summed E-state index contributed by atoms with van der Waals surface area (Å²) in [4.78, 5) is 25.7. The predicted octanol–water partition coefficient (Wildman–Crippen LogP) is 3.24. The van der Waals surface area contributed by atoms with Gasteiger partial charge in [0, 0.05) is 57.7 Å². The van der Waals surface area contributed by atoms with Gasteiger partial charge in [0.25, 0.3) is 5.92 Å². The molecule has 0 bridgehead atoms. The average molecular weight is 459 g/mol. The Kier molecular flexibility index (Phi) is 6.91. The Bertz CT molecular complexity index is 900. The molecule has 4 heterocycles. The highest BCUT2D eigenvalue weighted by atomic mass is 19.4. The quantitative estimate of drug-likeness (QED) is 0.706. The summed E-state index contributed by atoms with van der Waals surface area (Å²) in [6.07, 6.45) is 0.313. The number of halogens is 5. The number of rotatable bonds is 3. The third-order valence-corrected chi connectivity index (χ3v) is 5.59. The first-order valence-electron chi connectivity index (χ1n) is 9.85. The van der Waals surface area contributed by atoms with Crippen LogP contribution in [0.5, 0.6) is 0 Å². The zero-order valence-electron chi connectivity index (χ0n) is 17.0. The minimum absolute atomic E-state index is 0.108. The van der Waals surface area contributed by atoms with Crippen LogP contribution in [0.4, 0.5) is 27.9 Å². The molecule has 0 aliphatic carbocycles. The topological polar surface area (TPSA) is 82.5 Å². The predicted molar refractivity (Wildman–Crippen MR) is 104 cm³/mol. The van der Waals surface area contributed by atoms with Crippen molar-refractivity contribution in [1.29, 1.82) is 0 Å². The number of hydrogen-bond donors (Lipinski definition) is 1. The van der Waals surface area contributed by atoms with E-state index < -0.39 is 23.5 Å². The number of carboxylic acids is 1. The Labute approximate surface area is 180 Å². The van der Waals surface area contributed by atoms with E-state index in [4.69, 9.17) is 9.90 Å². The van der Waals surface area contributed by atoms with Crippen LogP contribution in [-0.2, 0) is 11.3 Å². The fourth-order valence-electron chi connectivity index (χ4n) is 3.97. The van der Waals surface area contributed by atoms with Crippen molar-refractivity contribution in [3.8, 4) is 0 Å². The van der Waals surface area contributed by atoms with Gasteiger partial charge in [-0.2, -0.15) is 13.2 Å². The summed E-state index contributed by atoms with van der Waals surface area (Å²) in [7, 11) is 0. The van der Waals surface area contributed by atoms with E-state index in [0.29, 0.717) is 45.1 Å². The standard InChI is InChI=1S/C18H21F2N5.C2HF3O2/c19-18(20)6-10-24(12-15-4-1-2-7-21-15)13-17(18)5-11-25(14-17)16-22-8-3-9-23-16;3-2(4,5)1(6)7/h1-4,7-9H,5-6,10-14H2;(H,6,7). The number of likely N-dealkylation sites (tertiary alicyclic amines) is 1. The van der Waals surface area contributed by atoms with Gasteiger partial charge >= 0.3 is 12.1 Å². The second-order valence-corrected chi connectivity index (χ2v) is 7.79. The van der Waals surface area contributed by atoms with Crippen molar-refractivity contribution < 1.29 is 31.9 Å². The van der Waals surface area contributed by atoms with Crippen molar-refractivity contribution >= 4 is 11.9 Å². The third kappa shape index (κ3) is 5.47. The van der Waals surface area contributed by atoms with Crippen LogP contribution in [0, 0.1) is 5.41 Å². The summed E-state index contributed by atoms with van der Waals surface area (Å²) >= 11 is 0. The number of hydrogen-bond acceptors (Lipinski definition) is 6. The van der Waals surface area contributed by atoms with Gasteiger partial charge < -0.3 is 10.0 Å². The monoisotopic (exact) mass is 459 g/mol. The van der Waals surface area contributed by atoms with Crippen molar-refractivity contribution in [2.24, 2.45) is 5.41 Å². The van der Waals surface area contributed by atoms with Crippen LogP contribution in [0.1, 0.15) is 18.5 Å². The number of aromatic nitrogens is 3. The van der Waals surface area contributed by atoms with E-state index in [0.717, 1.165) is 5.69 Å². The maximum atomic E-state index is 14.9. The van der Waals surface area contributed by atoms with Crippen LogP contribution in [0.15, 0.2) is 42.9 Å². The molecule has 12 heteroatoms. The summed E-state index contributed by atoms with van der Waals surface area (Å²) in [6.45, 7) is 2.24. The Hall–Kier alpha value is -2.89. The molecule has 0 radical (unpaired) electrons. The van der Waals surface area contributed by atoms with Gasteiger partial charge in [-0.1, -0.05) is 6.07 Å². The molecule has 1 N–H and O–H groups in total. The summed E-state index contributed by atoms with van der Waals surface area (Å²) < 4.78 is 61.4. The summed E-state index contributed by atoms with van der Waals surface area (Å²) in [6, 6.07) is 7.47. The molecule has 7 nitrogen and oxygen atoms in total. The fraction of sp³-hybridized carbons (Fsp3) is 0.500. The molecule has 1 spiro atoms. The van der Waals surface area contributed by atoms with Crippen LogP contribution in [-0.4, -0.2) is 69.2 Å². The van der Waals surface area contributed by atoms with E-state index in [2.05, 4.69) is 19.9 Å². The first-order chi connectivity index (χ1) is 15.0. The lowest BCUT2D eigenvalue weighted by molar-refractivity contribution is -0.192. The number of pyridine rings is 1. The van der Waals surface area contributed by atoms with E-state index in [1.807, 2.05) is 23.1 Å². The first kappa shape index (κ1) is 23.8. The lowest BCUT2D eigenvalue weighted by Gasteiger charge is -2.45. The normalized spacial score (nSPS) is 23.0. The number of anilines is 1. The third-order valence-electron chi connectivity index (χ3n) is 5.59. The second-order valence-electron chi connectivity index (χ2n) is 7.79. The Morgan fingerprint density at radius 2 is 1.66 bits per heavy atom. The van der Waals surface area contributed by atoms with Gasteiger partial charge in [-0.15, -0.1) is 0 Å². The van der Waals surface area contributed by atoms with Gasteiger partial charge in [0.1, 0.15) is 0 Å². The fourth-order valence-corrected chi connectivity index (χ4v) is 3.97. The van der Waals surface area contributed by atoms with Crippen molar-refractivity contribution in [3.63, 3.8) is 0 Å². The molecule has 0 aromatic carbocycles. The Morgan fingerprint density at radius 3 is 2.25 bits per heavy atom. The van der Waals surface area contributed by atoms with Crippen molar-refractivity contribution in [2.45, 2.75) is 31.5 Å². The molecule has 2 aliphatic heterocycles. The van der Waals surface area contributed by atoms with E-state index in [9.17, 15) is 22.0 Å². The van der Waals surface area contributed by atoms with Gasteiger partial charge in [-0.25, -0.2) is 23.5 Å². The Morgan fingerprint density at radius 1 is 1.00 bits per heavy atom. The second kappa shape index (κ2) is 9.31. The van der Waals surface area contributed by atoms with E-state index >= 15 is 0 Å². The molecule has 2 aromatic rings. The molecule has 1 unspecified atom stereocenters. The maximum Gasteiger partial charge on any atom is 0.490 e. The van der Waals surface area contributed by atoms with Crippen LogP contribution in [0.25, 0.3) is 0 Å². The molecule has 32 heavy (non-hydrogen) atoms. The smallest absolute Gasteiger partial charge is 0.475 e. The molecule has 4 rings (SSSR count). The minimum Gasteiger partial charge on any atom is -0.475 e. The number of aliphatic carboxylic acids is 1. The summed E-state index contributed by atoms with van der Waals surface area (Å²) in [5.74, 6) is -4.89. The molecular weight excluding hydrogens is 437 g/mol. The molecule has 2 saturated heterocycles.